The predicted molar refractivity (Wildman–Crippen MR) is 113 cm³/mol. The van der Waals surface area contributed by atoms with Gasteiger partial charge in [0.1, 0.15) is 10.7 Å². The lowest BCUT2D eigenvalue weighted by Gasteiger charge is -2.09. The number of hydrogen-bond donors (Lipinski definition) is 2. The number of rotatable bonds is 7. The molecule has 1 heterocycles. The fraction of sp³-hybridized carbons (Fsp3) is 0.200. The zero-order valence-corrected chi connectivity index (χ0v) is 17.8. The second-order valence-electron chi connectivity index (χ2n) is 6.18. The summed E-state index contributed by atoms with van der Waals surface area (Å²) in [6, 6.07) is 9.65. The van der Waals surface area contributed by atoms with Gasteiger partial charge in [-0.25, -0.2) is 22.3 Å². The Bertz CT molecular complexity index is 1220. The fourth-order valence-corrected chi connectivity index (χ4v) is 4.75. The van der Waals surface area contributed by atoms with Crippen LogP contribution in [0.2, 0.25) is 0 Å². The number of fused-ring (bicyclic) bond motifs is 1. The highest BCUT2D eigenvalue weighted by atomic mass is 32.2. The molecule has 0 bridgehead atoms. The van der Waals surface area contributed by atoms with Gasteiger partial charge in [0.15, 0.2) is 0 Å². The Kier molecular flexibility index (Phi) is 6.49. The summed E-state index contributed by atoms with van der Waals surface area (Å²) in [4.78, 5) is 24.7. The van der Waals surface area contributed by atoms with Crippen LogP contribution in [0.4, 0.5) is 10.1 Å². The van der Waals surface area contributed by atoms with Gasteiger partial charge in [-0.3, -0.25) is 4.79 Å². The van der Waals surface area contributed by atoms with Crippen molar-refractivity contribution < 1.29 is 27.1 Å². The normalized spacial score (nSPS) is 11.4. The molecule has 10 heteroatoms. The number of hydrogen-bond acceptors (Lipinski definition) is 6. The Balaban J connectivity index is 1.87. The monoisotopic (exact) mass is 450 g/mol. The molecule has 0 saturated heterocycles. The van der Waals surface area contributed by atoms with E-state index in [1.165, 1.54) is 11.3 Å². The number of sulfonamides is 1. The lowest BCUT2D eigenvalue weighted by Crippen LogP contribution is -2.24. The summed E-state index contributed by atoms with van der Waals surface area (Å²) in [6.07, 6.45) is 0. The van der Waals surface area contributed by atoms with Crippen molar-refractivity contribution in [2.75, 3.05) is 18.5 Å². The number of carbonyl (C=O) groups is 2. The molecule has 0 aliphatic rings. The molecule has 2 N–H and O–H groups in total. The molecule has 7 nitrogen and oxygen atoms in total. The van der Waals surface area contributed by atoms with Crippen molar-refractivity contribution in [1.29, 1.82) is 0 Å². The molecular weight excluding hydrogens is 431 g/mol. The first-order valence-electron chi connectivity index (χ1n) is 9.06. The van der Waals surface area contributed by atoms with Crippen LogP contribution in [0.1, 0.15) is 33.9 Å². The first kappa shape index (κ1) is 21.9. The lowest BCUT2D eigenvalue weighted by molar-refractivity contribution is 0.0532. The van der Waals surface area contributed by atoms with Crippen LogP contribution in [0.3, 0.4) is 0 Å². The molecule has 2 aromatic carbocycles. The van der Waals surface area contributed by atoms with Gasteiger partial charge in [0.2, 0.25) is 10.0 Å². The molecule has 1 aromatic heterocycles. The van der Waals surface area contributed by atoms with Crippen LogP contribution < -0.4 is 10.0 Å². The Morgan fingerprint density at radius 1 is 1.10 bits per heavy atom. The van der Waals surface area contributed by atoms with E-state index in [2.05, 4.69) is 10.0 Å². The van der Waals surface area contributed by atoms with Gasteiger partial charge >= 0.3 is 5.97 Å². The number of benzene rings is 2. The largest absolute Gasteiger partial charge is 0.462 e. The number of carbonyl (C=O) groups excluding carboxylic acids is 2. The van der Waals surface area contributed by atoms with E-state index in [9.17, 15) is 22.4 Å². The van der Waals surface area contributed by atoms with Crippen LogP contribution in [0, 0.1) is 5.82 Å². The van der Waals surface area contributed by atoms with Crippen LogP contribution in [-0.4, -0.2) is 33.4 Å². The van der Waals surface area contributed by atoms with Gasteiger partial charge in [0, 0.05) is 16.9 Å². The molecule has 158 valence electrons. The summed E-state index contributed by atoms with van der Waals surface area (Å²) in [6.45, 7) is 3.76. The van der Waals surface area contributed by atoms with E-state index in [0.717, 1.165) is 22.9 Å². The molecule has 0 aliphatic heterocycles. The minimum absolute atomic E-state index is 0.162. The SMILES string of the molecule is CCNS(=O)(=O)c1ccc(F)c(C(=O)Nc2ccc3sc(C(=O)OCC)cc3c2)c1. The maximum absolute atomic E-state index is 14.2. The summed E-state index contributed by atoms with van der Waals surface area (Å²) in [5.41, 5.74) is -0.0216. The van der Waals surface area contributed by atoms with Gasteiger partial charge in [0.25, 0.3) is 5.91 Å². The number of halogens is 1. The molecule has 0 saturated carbocycles. The third kappa shape index (κ3) is 4.66. The third-order valence-electron chi connectivity index (χ3n) is 4.08. The highest BCUT2D eigenvalue weighted by Gasteiger charge is 2.19. The number of anilines is 1. The highest BCUT2D eigenvalue weighted by Crippen LogP contribution is 2.29. The van der Waals surface area contributed by atoms with E-state index in [-0.39, 0.29) is 18.0 Å². The average Bonchev–Trinajstić information content (AvgIpc) is 3.12. The molecule has 0 aliphatic carbocycles. The van der Waals surface area contributed by atoms with Gasteiger partial charge in [-0.2, -0.15) is 0 Å². The van der Waals surface area contributed by atoms with Crippen molar-refractivity contribution in [2.24, 2.45) is 0 Å². The van der Waals surface area contributed by atoms with Gasteiger partial charge in [-0.1, -0.05) is 6.92 Å². The van der Waals surface area contributed by atoms with Gasteiger partial charge < -0.3 is 10.1 Å². The zero-order valence-electron chi connectivity index (χ0n) is 16.2. The van der Waals surface area contributed by atoms with Crippen LogP contribution in [0.25, 0.3) is 10.1 Å². The fourth-order valence-electron chi connectivity index (χ4n) is 2.74. The Hall–Kier alpha value is -2.82. The molecule has 0 radical (unpaired) electrons. The molecule has 1 amide bonds. The zero-order chi connectivity index (χ0) is 21.9. The van der Waals surface area contributed by atoms with E-state index < -0.39 is 33.3 Å². The predicted octanol–water partition coefficient (Wildman–Crippen LogP) is 3.77. The maximum atomic E-state index is 14.2. The van der Waals surface area contributed by atoms with Gasteiger partial charge in [0.05, 0.1) is 17.1 Å². The summed E-state index contributed by atoms with van der Waals surface area (Å²) in [5.74, 6) is -2.06. The van der Waals surface area contributed by atoms with Crippen molar-refractivity contribution in [3.8, 4) is 0 Å². The quantitative estimate of drug-likeness (QED) is 0.534. The maximum Gasteiger partial charge on any atom is 0.348 e. The second-order valence-corrected chi connectivity index (χ2v) is 9.03. The highest BCUT2D eigenvalue weighted by molar-refractivity contribution is 7.89. The summed E-state index contributed by atoms with van der Waals surface area (Å²) in [7, 11) is -3.83. The first-order valence-corrected chi connectivity index (χ1v) is 11.4. The van der Waals surface area contributed by atoms with Crippen molar-refractivity contribution in [3.05, 3.63) is 58.7 Å². The number of amides is 1. The minimum Gasteiger partial charge on any atom is -0.462 e. The summed E-state index contributed by atoms with van der Waals surface area (Å²) < 4.78 is 46.5. The van der Waals surface area contributed by atoms with Gasteiger partial charge in [-0.15, -0.1) is 11.3 Å². The van der Waals surface area contributed by atoms with Gasteiger partial charge in [-0.05, 0) is 54.8 Å². The number of ether oxygens (including phenoxy) is 1. The van der Waals surface area contributed by atoms with E-state index in [0.29, 0.717) is 16.0 Å². The van der Waals surface area contributed by atoms with Crippen LogP contribution in [0.5, 0.6) is 0 Å². The minimum atomic E-state index is -3.83. The van der Waals surface area contributed by atoms with Crippen LogP contribution in [0.15, 0.2) is 47.4 Å². The summed E-state index contributed by atoms with van der Waals surface area (Å²) >= 11 is 1.26. The smallest absolute Gasteiger partial charge is 0.348 e. The lowest BCUT2D eigenvalue weighted by atomic mass is 10.2. The topological polar surface area (TPSA) is 102 Å². The van der Waals surface area contributed by atoms with E-state index in [4.69, 9.17) is 4.74 Å². The molecule has 0 atom stereocenters. The van der Waals surface area contributed by atoms with Crippen LogP contribution in [-0.2, 0) is 14.8 Å². The molecule has 30 heavy (non-hydrogen) atoms. The van der Waals surface area contributed by atoms with Crippen molar-refractivity contribution in [3.63, 3.8) is 0 Å². The number of thiophene rings is 1. The van der Waals surface area contributed by atoms with E-state index in [1.54, 1.807) is 38.1 Å². The molecule has 0 spiro atoms. The van der Waals surface area contributed by atoms with Crippen molar-refractivity contribution in [1.82, 2.24) is 4.72 Å². The Morgan fingerprint density at radius 3 is 2.57 bits per heavy atom. The third-order valence-corrected chi connectivity index (χ3v) is 6.72. The number of nitrogens with one attached hydrogen (secondary N) is 2. The Morgan fingerprint density at radius 2 is 1.87 bits per heavy atom. The molecular formula is C20H19FN2O5S2. The van der Waals surface area contributed by atoms with Crippen molar-refractivity contribution >= 4 is 49.0 Å². The van der Waals surface area contributed by atoms with Crippen LogP contribution >= 0.6 is 11.3 Å². The molecule has 3 aromatic rings. The summed E-state index contributed by atoms with van der Waals surface area (Å²) in [5, 5.41) is 3.27. The Labute approximate surface area is 176 Å². The second kappa shape index (κ2) is 8.90. The standard InChI is InChI=1S/C20H19FN2O5S2/c1-3-22-30(26,27)14-6-7-16(21)15(11-14)19(24)23-13-5-8-17-12(9-13)10-18(29-17)20(25)28-4-2/h5-11,22H,3-4H2,1-2H3,(H,23,24). The van der Waals surface area contributed by atoms with Crippen molar-refractivity contribution in [2.45, 2.75) is 18.7 Å². The molecule has 0 fully saturated rings. The van der Waals surface area contributed by atoms with E-state index >= 15 is 0 Å². The average molecular weight is 451 g/mol. The molecule has 3 rings (SSSR count). The molecule has 0 unspecified atom stereocenters. The first-order chi connectivity index (χ1) is 14.2. The number of esters is 1. The van der Waals surface area contributed by atoms with E-state index in [1.807, 2.05) is 0 Å².